The third kappa shape index (κ3) is 2.16. The normalized spacial score (nSPS) is 14.4. The van der Waals surface area contributed by atoms with Gasteiger partial charge in [0.2, 0.25) is 0 Å². The summed E-state index contributed by atoms with van der Waals surface area (Å²) in [6.07, 6.45) is 4.53. The van der Waals surface area contributed by atoms with E-state index >= 15 is 0 Å². The number of benzene rings is 2. The van der Waals surface area contributed by atoms with Gasteiger partial charge in [0.15, 0.2) is 0 Å². The van der Waals surface area contributed by atoms with Gasteiger partial charge in [-0.2, -0.15) is 5.10 Å². The second-order valence-corrected chi connectivity index (χ2v) is 6.63. The van der Waals surface area contributed by atoms with Crippen LogP contribution in [0.25, 0.3) is 27.8 Å². The fourth-order valence-corrected chi connectivity index (χ4v) is 3.43. The zero-order chi connectivity index (χ0) is 16.1. The molecule has 0 amide bonds. The Labute approximate surface area is 140 Å². The van der Waals surface area contributed by atoms with Crippen molar-refractivity contribution in [3.05, 3.63) is 72.1 Å². The minimum atomic E-state index is 0.793. The van der Waals surface area contributed by atoms with Gasteiger partial charge in [0.05, 0.1) is 17.4 Å². The quantitative estimate of drug-likeness (QED) is 0.567. The monoisotopic (exact) mass is 312 g/mol. The SMILES string of the molecule is Cc1[c]cc(-c2ccc(C3CC3)cc2)n1-c1ccc2cn[nH]c2c1. The van der Waals surface area contributed by atoms with Gasteiger partial charge in [0, 0.05) is 22.8 Å². The van der Waals surface area contributed by atoms with Crippen LogP contribution in [-0.4, -0.2) is 14.8 Å². The Morgan fingerprint density at radius 1 is 1.12 bits per heavy atom. The smallest absolute Gasteiger partial charge is 0.0671 e. The summed E-state index contributed by atoms with van der Waals surface area (Å²) in [4.78, 5) is 0. The van der Waals surface area contributed by atoms with Crippen LogP contribution in [0.15, 0.2) is 54.7 Å². The number of nitrogens with zero attached hydrogens (tertiary/aromatic N) is 2. The molecule has 0 atom stereocenters. The molecular weight excluding hydrogens is 294 g/mol. The minimum absolute atomic E-state index is 0.793. The van der Waals surface area contributed by atoms with Crippen LogP contribution in [-0.2, 0) is 0 Å². The number of rotatable bonds is 3. The van der Waals surface area contributed by atoms with Gasteiger partial charge in [0.1, 0.15) is 0 Å². The van der Waals surface area contributed by atoms with E-state index in [2.05, 4.69) is 76.3 Å². The Balaban J connectivity index is 1.62. The molecule has 117 valence electrons. The lowest BCUT2D eigenvalue weighted by molar-refractivity contribution is 1.02. The van der Waals surface area contributed by atoms with E-state index in [0.717, 1.165) is 28.2 Å². The molecule has 2 heterocycles. The molecule has 0 bridgehead atoms. The van der Waals surface area contributed by atoms with Crippen molar-refractivity contribution in [1.82, 2.24) is 14.8 Å². The Bertz CT molecular complexity index is 1020. The van der Waals surface area contributed by atoms with Gasteiger partial charge in [-0.25, -0.2) is 0 Å². The van der Waals surface area contributed by atoms with Crippen LogP contribution in [0.5, 0.6) is 0 Å². The number of aromatic nitrogens is 3. The average Bonchev–Trinajstić information content (AvgIpc) is 3.23. The van der Waals surface area contributed by atoms with Crippen molar-refractivity contribution in [2.45, 2.75) is 25.7 Å². The topological polar surface area (TPSA) is 33.6 Å². The summed E-state index contributed by atoms with van der Waals surface area (Å²) in [5.74, 6) is 0.793. The highest BCUT2D eigenvalue weighted by Gasteiger charge is 2.23. The Hall–Kier alpha value is -2.81. The van der Waals surface area contributed by atoms with E-state index in [1.165, 1.54) is 29.7 Å². The van der Waals surface area contributed by atoms with Gasteiger partial charge in [-0.3, -0.25) is 5.10 Å². The fourth-order valence-electron chi connectivity index (χ4n) is 3.43. The maximum Gasteiger partial charge on any atom is 0.0671 e. The van der Waals surface area contributed by atoms with Gasteiger partial charge >= 0.3 is 0 Å². The van der Waals surface area contributed by atoms with Gasteiger partial charge < -0.3 is 4.57 Å². The molecule has 5 rings (SSSR count). The lowest BCUT2D eigenvalue weighted by Crippen LogP contribution is -1.99. The van der Waals surface area contributed by atoms with Crippen LogP contribution >= 0.6 is 0 Å². The van der Waals surface area contributed by atoms with Gasteiger partial charge in [0.25, 0.3) is 0 Å². The lowest BCUT2D eigenvalue weighted by atomic mass is 10.1. The first kappa shape index (κ1) is 13.6. The van der Waals surface area contributed by atoms with E-state index < -0.39 is 0 Å². The van der Waals surface area contributed by atoms with Crippen molar-refractivity contribution in [2.24, 2.45) is 0 Å². The highest BCUT2D eigenvalue weighted by Crippen LogP contribution is 2.40. The van der Waals surface area contributed by atoms with Crippen molar-refractivity contribution in [1.29, 1.82) is 0 Å². The van der Waals surface area contributed by atoms with E-state index in [-0.39, 0.29) is 0 Å². The summed E-state index contributed by atoms with van der Waals surface area (Å²) in [5.41, 5.74) is 7.16. The molecule has 0 aliphatic heterocycles. The molecule has 0 saturated heterocycles. The number of nitrogens with one attached hydrogen (secondary N) is 1. The largest absolute Gasteiger partial charge is 0.313 e. The van der Waals surface area contributed by atoms with E-state index in [4.69, 9.17) is 0 Å². The molecule has 1 radical (unpaired) electrons. The summed E-state index contributed by atoms with van der Waals surface area (Å²) in [7, 11) is 0. The second-order valence-electron chi connectivity index (χ2n) is 6.63. The summed E-state index contributed by atoms with van der Waals surface area (Å²) in [6.45, 7) is 2.10. The van der Waals surface area contributed by atoms with E-state index in [9.17, 15) is 0 Å². The molecule has 1 saturated carbocycles. The summed E-state index contributed by atoms with van der Waals surface area (Å²) >= 11 is 0. The fraction of sp³-hybridized carbons (Fsp3) is 0.190. The highest BCUT2D eigenvalue weighted by molar-refractivity contribution is 5.80. The van der Waals surface area contributed by atoms with Crippen molar-refractivity contribution >= 4 is 10.9 Å². The van der Waals surface area contributed by atoms with Crippen LogP contribution in [0.2, 0.25) is 0 Å². The highest BCUT2D eigenvalue weighted by atomic mass is 15.1. The summed E-state index contributed by atoms with van der Waals surface area (Å²) < 4.78 is 2.26. The van der Waals surface area contributed by atoms with Crippen molar-refractivity contribution in [3.63, 3.8) is 0 Å². The molecule has 0 unspecified atom stereocenters. The van der Waals surface area contributed by atoms with E-state index in [0.29, 0.717) is 0 Å². The third-order valence-electron chi connectivity index (χ3n) is 4.93. The van der Waals surface area contributed by atoms with Crippen molar-refractivity contribution < 1.29 is 0 Å². The molecule has 4 aromatic rings. The summed E-state index contributed by atoms with van der Waals surface area (Å²) in [5, 5.41) is 8.30. The number of aromatic amines is 1. The Morgan fingerprint density at radius 3 is 2.75 bits per heavy atom. The number of aryl methyl sites for hydroxylation is 1. The Kier molecular flexibility index (Phi) is 2.89. The Morgan fingerprint density at radius 2 is 1.96 bits per heavy atom. The number of H-pyrrole nitrogens is 1. The van der Waals surface area contributed by atoms with Crippen LogP contribution in [0, 0.1) is 13.0 Å². The van der Waals surface area contributed by atoms with Crippen LogP contribution in [0.4, 0.5) is 0 Å². The predicted octanol–water partition coefficient (Wildman–Crippen LogP) is 5.01. The molecular formula is C21H18N3. The van der Waals surface area contributed by atoms with Gasteiger partial charge in [-0.1, -0.05) is 24.3 Å². The third-order valence-corrected chi connectivity index (χ3v) is 4.93. The average molecular weight is 312 g/mol. The lowest BCUT2D eigenvalue weighted by Gasteiger charge is -2.12. The maximum absolute atomic E-state index is 4.12. The zero-order valence-corrected chi connectivity index (χ0v) is 13.6. The van der Waals surface area contributed by atoms with Gasteiger partial charge in [-0.05, 0) is 61.1 Å². The van der Waals surface area contributed by atoms with E-state index in [1.54, 1.807) is 0 Å². The number of hydrogen-bond donors (Lipinski definition) is 1. The molecule has 0 spiro atoms. The first-order valence-electron chi connectivity index (χ1n) is 8.43. The molecule has 2 aromatic carbocycles. The van der Waals surface area contributed by atoms with Crippen LogP contribution < -0.4 is 0 Å². The molecule has 3 nitrogen and oxygen atoms in total. The zero-order valence-electron chi connectivity index (χ0n) is 13.6. The van der Waals surface area contributed by atoms with Crippen molar-refractivity contribution in [3.8, 4) is 16.9 Å². The van der Waals surface area contributed by atoms with E-state index in [1.807, 2.05) is 6.20 Å². The molecule has 1 aliphatic carbocycles. The molecule has 1 aliphatic rings. The molecule has 2 aromatic heterocycles. The number of hydrogen-bond acceptors (Lipinski definition) is 1. The molecule has 3 heteroatoms. The predicted molar refractivity (Wildman–Crippen MR) is 96.4 cm³/mol. The van der Waals surface area contributed by atoms with Crippen molar-refractivity contribution in [2.75, 3.05) is 0 Å². The molecule has 24 heavy (non-hydrogen) atoms. The van der Waals surface area contributed by atoms with Crippen LogP contribution in [0.3, 0.4) is 0 Å². The maximum atomic E-state index is 4.12. The number of fused-ring (bicyclic) bond motifs is 1. The molecule has 1 fully saturated rings. The van der Waals surface area contributed by atoms with Crippen LogP contribution in [0.1, 0.15) is 30.0 Å². The second kappa shape index (κ2) is 5.10. The first-order valence-corrected chi connectivity index (χ1v) is 8.43. The standard InChI is InChI=1S/C21H18N3/c1-14-2-11-21(17-7-5-16(6-8-17)15-3-4-15)24(14)19-10-9-18-13-22-23-20(18)12-19/h5-13,15H,3-4H2,1H3,(H,22,23). The summed E-state index contributed by atoms with van der Waals surface area (Å²) in [6, 6.07) is 20.9. The minimum Gasteiger partial charge on any atom is -0.313 e. The molecule has 1 N–H and O–H groups in total. The first-order chi connectivity index (χ1) is 11.8. The van der Waals surface area contributed by atoms with Gasteiger partial charge in [-0.15, -0.1) is 0 Å².